The number of carbonyl (C=O) groups is 1. The van der Waals surface area contributed by atoms with E-state index in [0.717, 1.165) is 24.2 Å². The van der Waals surface area contributed by atoms with Crippen LogP contribution in [0, 0.1) is 0 Å². The van der Waals surface area contributed by atoms with Crippen molar-refractivity contribution in [2.24, 2.45) is 0 Å². The van der Waals surface area contributed by atoms with Gasteiger partial charge in [0.05, 0.1) is 16.7 Å². The quantitative estimate of drug-likeness (QED) is 0.385. The minimum absolute atomic E-state index is 0.0426. The van der Waals surface area contributed by atoms with Crippen LogP contribution in [0.2, 0.25) is 5.02 Å². The number of nitrogens with zero attached hydrogens (tertiary/aromatic N) is 1. The highest BCUT2D eigenvalue weighted by atomic mass is 35.5. The summed E-state index contributed by atoms with van der Waals surface area (Å²) < 4.78 is 32.6. The number of benzene rings is 2. The van der Waals surface area contributed by atoms with E-state index in [2.05, 4.69) is 5.32 Å². The second kappa shape index (κ2) is 11.9. The molecule has 0 saturated carbocycles. The lowest BCUT2D eigenvalue weighted by atomic mass is 10.2. The summed E-state index contributed by atoms with van der Waals surface area (Å²) in [4.78, 5) is 13.8. The lowest BCUT2D eigenvalue weighted by molar-refractivity contribution is -0.120. The third kappa shape index (κ3) is 6.88. The minimum Gasteiger partial charge on any atom is -0.492 e. The SMILES string of the molecule is CC[C@H](Sc1ccc(Cl)cc1)C(=O)NCCOc1ccc(S(=O)(=O)N2CCCCC2)cc1. The van der Waals surface area contributed by atoms with Crippen molar-refractivity contribution in [2.75, 3.05) is 26.2 Å². The minimum atomic E-state index is -3.44. The molecule has 6 nitrogen and oxygen atoms in total. The van der Waals surface area contributed by atoms with Crippen molar-refractivity contribution in [1.82, 2.24) is 9.62 Å². The maximum atomic E-state index is 12.7. The van der Waals surface area contributed by atoms with Crippen LogP contribution >= 0.6 is 23.4 Å². The lowest BCUT2D eigenvalue weighted by Gasteiger charge is -2.25. The summed E-state index contributed by atoms with van der Waals surface area (Å²) >= 11 is 7.41. The third-order valence-electron chi connectivity index (χ3n) is 5.20. The molecule has 1 fully saturated rings. The summed E-state index contributed by atoms with van der Waals surface area (Å²) in [7, 11) is -3.44. The second-order valence-corrected chi connectivity index (χ2v) is 11.2. The smallest absolute Gasteiger partial charge is 0.243 e. The van der Waals surface area contributed by atoms with Crippen LogP contribution < -0.4 is 10.1 Å². The summed E-state index contributed by atoms with van der Waals surface area (Å²) in [6, 6.07) is 13.9. The first kappa shape index (κ1) is 24.9. The number of nitrogens with one attached hydrogen (secondary N) is 1. The fourth-order valence-corrected chi connectivity index (χ4v) is 6.04. The molecular formula is C23H29ClN2O4S2. The molecule has 1 aliphatic rings. The van der Waals surface area contributed by atoms with Gasteiger partial charge in [-0.1, -0.05) is 24.9 Å². The highest BCUT2D eigenvalue weighted by Gasteiger charge is 2.25. The Morgan fingerprint density at radius 1 is 1.09 bits per heavy atom. The first-order valence-electron chi connectivity index (χ1n) is 10.8. The number of rotatable bonds is 10. The number of halogens is 1. The molecule has 3 rings (SSSR count). The zero-order valence-corrected chi connectivity index (χ0v) is 20.5. The largest absolute Gasteiger partial charge is 0.492 e. The maximum absolute atomic E-state index is 12.7. The number of hydrogen-bond donors (Lipinski definition) is 1. The van der Waals surface area contributed by atoms with E-state index in [1.54, 1.807) is 28.6 Å². The van der Waals surface area contributed by atoms with Gasteiger partial charge < -0.3 is 10.1 Å². The van der Waals surface area contributed by atoms with Crippen molar-refractivity contribution in [3.63, 3.8) is 0 Å². The summed E-state index contributed by atoms with van der Waals surface area (Å²) in [6.45, 7) is 3.80. The van der Waals surface area contributed by atoms with E-state index in [1.807, 2.05) is 31.2 Å². The van der Waals surface area contributed by atoms with Crippen LogP contribution in [0.5, 0.6) is 5.75 Å². The summed E-state index contributed by atoms with van der Waals surface area (Å²) in [5, 5.41) is 3.37. The fraction of sp³-hybridized carbons (Fsp3) is 0.435. The fourth-order valence-electron chi connectivity index (χ4n) is 3.42. The van der Waals surface area contributed by atoms with Crippen LogP contribution in [0.4, 0.5) is 0 Å². The van der Waals surface area contributed by atoms with E-state index in [1.165, 1.54) is 11.8 Å². The Morgan fingerprint density at radius 3 is 2.38 bits per heavy atom. The van der Waals surface area contributed by atoms with Gasteiger partial charge in [-0.3, -0.25) is 4.79 Å². The van der Waals surface area contributed by atoms with Gasteiger partial charge in [0.1, 0.15) is 12.4 Å². The van der Waals surface area contributed by atoms with Crippen LogP contribution in [0.15, 0.2) is 58.3 Å². The molecule has 1 aliphatic heterocycles. The van der Waals surface area contributed by atoms with Crippen molar-refractivity contribution in [1.29, 1.82) is 0 Å². The summed E-state index contributed by atoms with van der Waals surface area (Å²) in [6.07, 6.45) is 3.59. The molecule has 9 heteroatoms. The molecule has 2 aromatic carbocycles. The zero-order chi connectivity index (χ0) is 23.0. The van der Waals surface area contributed by atoms with Gasteiger partial charge in [-0.05, 0) is 67.8 Å². The summed E-state index contributed by atoms with van der Waals surface area (Å²) in [5.74, 6) is 0.526. The predicted octanol–water partition coefficient (Wildman–Crippen LogP) is 4.58. The van der Waals surface area contributed by atoms with Crippen LogP contribution in [0.25, 0.3) is 0 Å². The average Bonchev–Trinajstić information content (AvgIpc) is 2.82. The Balaban J connectivity index is 1.44. The third-order valence-corrected chi connectivity index (χ3v) is 8.74. The topological polar surface area (TPSA) is 75.7 Å². The van der Waals surface area contributed by atoms with Crippen LogP contribution in [-0.4, -0.2) is 50.1 Å². The van der Waals surface area contributed by atoms with E-state index in [9.17, 15) is 13.2 Å². The molecule has 0 unspecified atom stereocenters. The van der Waals surface area contributed by atoms with Gasteiger partial charge in [-0.25, -0.2) is 8.42 Å². The number of sulfonamides is 1. The van der Waals surface area contributed by atoms with Gasteiger partial charge in [0, 0.05) is 23.0 Å². The Labute approximate surface area is 199 Å². The van der Waals surface area contributed by atoms with Crippen LogP contribution in [-0.2, 0) is 14.8 Å². The first-order valence-corrected chi connectivity index (χ1v) is 13.5. The van der Waals surface area contributed by atoms with E-state index in [4.69, 9.17) is 16.3 Å². The molecule has 0 aliphatic carbocycles. The molecule has 1 amide bonds. The highest BCUT2D eigenvalue weighted by molar-refractivity contribution is 8.00. The Morgan fingerprint density at radius 2 is 1.75 bits per heavy atom. The Bertz CT molecular complexity index is 976. The van der Waals surface area contributed by atoms with E-state index < -0.39 is 10.0 Å². The van der Waals surface area contributed by atoms with Gasteiger partial charge in [0.2, 0.25) is 15.9 Å². The number of carbonyl (C=O) groups excluding carboxylic acids is 1. The van der Waals surface area contributed by atoms with Crippen LogP contribution in [0.3, 0.4) is 0 Å². The molecule has 1 heterocycles. The second-order valence-electron chi connectivity index (χ2n) is 7.54. The molecular weight excluding hydrogens is 468 g/mol. The number of hydrogen-bond acceptors (Lipinski definition) is 5. The summed E-state index contributed by atoms with van der Waals surface area (Å²) in [5.41, 5.74) is 0. The zero-order valence-electron chi connectivity index (χ0n) is 18.1. The number of thioether (sulfide) groups is 1. The maximum Gasteiger partial charge on any atom is 0.243 e. The van der Waals surface area contributed by atoms with Crippen molar-refractivity contribution in [3.05, 3.63) is 53.6 Å². The molecule has 0 bridgehead atoms. The number of piperidine rings is 1. The van der Waals surface area contributed by atoms with Gasteiger partial charge in [0.15, 0.2) is 0 Å². The predicted molar refractivity (Wildman–Crippen MR) is 129 cm³/mol. The van der Waals surface area contributed by atoms with Gasteiger partial charge in [0.25, 0.3) is 0 Å². The molecule has 0 spiro atoms. The van der Waals surface area contributed by atoms with Gasteiger partial charge >= 0.3 is 0 Å². The molecule has 1 N–H and O–H groups in total. The van der Waals surface area contributed by atoms with Gasteiger partial charge in [-0.15, -0.1) is 11.8 Å². The van der Waals surface area contributed by atoms with Crippen molar-refractivity contribution in [2.45, 2.75) is 47.6 Å². The van der Waals surface area contributed by atoms with Crippen molar-refractivity contribution in [3.8, 4) is 5.75 Å². The Hall–Kier alpha value is -1.74. The highest BCUT2D eigenvalue weighted by Crippen LogP contribution is 2.27. The van der Waals surface area contributed by atoms with E-state index in [-0.39, 0.29) is 16.1 Å². The van der Waals surface area contributed by atoms with Crippen molar-refractivity contribution >= 4 is 39.3 Å². The molecule has 0 radical (unpaired) electrons. The molecule has 1 atom stereocenters. The monoisotopic (exact) mass is 496 g/mol. The number of ether oxygens (including phenoxy) is 1. The number of amides is 1. The van der Waals surface area contributed by atoms with Gasteiger partial charge in [-0.2, -0.15) is 4.31 Å². The first-order chi connectivity index (χ1) is 15.4. The average molecular weight is 497 g/mol. The van der Waals surface area contributed by atoms with Crippen molar-refractivity contribution < 1.29 is 17.9 Å². The standard InChI is InChI=1S/C23H29ClN2O4S2/c1-2-22(31-20-10-6-18(24)7-11-20)23(27)25-14-17-30-19-8-12-21(13-9-19)32(28,29)26-15-4-3-5-16-26/h6-13,22H,2-5,14-17H2,1H3,(H,25,27)/t22-/m0/s1. The van der Waals surface area contributed by atoms with E-state index in [0.29, 0.717) is 43.4 Å². The van der Waals surface area contributed by atoms with E-state index >= 15 is 0 Å². The molecule has 174 valence electrons. The van der Waals surface area contributed by atoms with Crippen LogP contribution in [0.1, 0.15) is 32.6 Å². The molecule has 32 heavy (non-hydrogen) atoms. The normalized spacial score (nSPS) is 15.8. The Kier molecular flexibility index (Phi) is 9.28. The molecule has 2 aromatic rings. The lowest BCUT2D eigenvalue weighted by Crippen LogP contribution is -2.35. The molecule has 1 saturated heterocycles. The molecule has 0 aromatic heterocycles.